The Morgan fingerprint density at radius 2 is 1.00 bits per heavy atom. The van der Waals surface area contributed by atoms with Crippen molar-refractivity contribution in [2.45, 2.75) is 41.1 Å². The van der Waals surface area contributed by atoms with Gasteiger partial charge in [-0.1, -0.05) is 78.9 Å². The Kier molecular flexibility index (Phi) is 7.34. The molecule has 3 aromatic carbocycles. The SMILES string of the molecule is CS1(OC(c2ccccc2)(C(F)(F)F)C(F)(F)F)[C@@H](c2ccccc2)C(C(F)(F)F)(C(F)(F)F)N1c1ccccc1. The molecular weight excluding hydrogens is 602 g/mol. The second-order valence-corrected chi connectivity index (χ2v) is 11.9. The van der Waals surface area contributed by atoms with E-state index in [1.165, 1.54) is 12.1 Å². The summed E-state index contributed by atoms with van der Waals surface area (Å²) in [5.41, 5.74) is -13.6. The van der Waals surface area contributed by atoms with Gasteiger partial charge in [0.25, 0.3) is 11.1 Å². The van der Waals surface area contributed by atoms with E-state index >= 15 is 0 Å². The zero-order chi connectivity index (χ0) is 30.7. The van der Waals surface area contributed by atoms with Crippen LogP contribution in [0.4, 0.5) is 58.4 Å². The van der Waals surface area contributed by atoms with Crippen LogP contribution < -0.4 is 4.31 Å². The summed E-state index contributed by atoms with van der Waals surface area (Å²) < 4.78 is 182. The molecule has 1 saturated heterocycles. The third-order valence-corrected chi connectivity index (χ3v) is 10.0. The Balaban J connectivity index is 2.15. The molecular formula is C26H19F12NOS. The molecule has 2 atom stereocenters. The lowest BCUT2D eigenvalue weighted by atomic mass is 9.86. The first-order valence-electron chi connectivity index (χ1n) is 11.5. The Hall–Kier alpha value is -3.07. The zero-order valence-corrected chi connectivity index (χ0v) is 21.4. The highest BCUT2D eigenvalue weighted by molar-refractivity contribution is 8.32. The van der Waals surface area contributed by atoms with Crippen molar-refractivity contribution in [3.05, 3.63) is 102 Å². The van der Waals surface area contributed by atoms with Crippen molar-refractivity contribution < 1.29 is 56.9 Å². The van der Waals surface area contributed by atoms with Gasteiger partial charge >= 0.3 is 24.7 Å². The average molecular weight is 621 g/mol. The molecule has 41 heavy (non-hydrogen) atoms. The first-order valence-corrected chi connectivity index (χ1v) is 13.5. The van der Waals surface area contributed by atoms with Crippen molar-refractivity contribution in [2.24, 2.45) is 0 Å². The van der Waals surface area contributed by atoms with Crippen LogP contribution in [0.1, 0.15) is 16.4 Å². The van der Waals surface area contributed by atoms with Gasteiger partial charge in [0.15, 0.2) is 0 Å². The second kappa shape index (κ2) is 9.75. The maximum Gasteiger partial charge on any atom is 0.432 e. The van der Waals surface area contributed by atoms with Crippen molar-refractivity contribution in [3.8, 4) is 0 Å². The zero-order valence-electron chi connectivity index (χ0n) is 20.5. The molecule has 1 aliphatic rings. The topological polar surface area (TPSA) is 12.5 Å². The van der Waals surface area contributed by atoms with Crippen molar-refractivity contribution >= 4 is 16.2 Å². The van der Waals surface area contributed by atoms with Crippen LogP contribution >= 0.6 is 10.5 Å². The number of halogens is 12. The van der Waals surface area contributed by atoms with Gasteiger partial charge in [-0.05, 0) is 28.2 Å². The molecule has 4 rings (SSSR count). The van der Waals surface area contributed by atoms with Crippen molar-refractivity contribution in [2.75, 3.05) is 10.6 Å². The van der Waals surface area contributed by atoms with E-state index in [4.69, 9.17) is 4.18 Å². The maximum absolute atomic E-state index is 14.8. The molecule has 15 heteroatoms. The average Bonchev–Trinajstić information content (AvgIpc) is 2.84. The second-order valence-electron chi connectivity index (χ2n) is 9.17. The summed E-state index contributed by atoms with van der Waals surface area (Å²) in [6.45, 7) is 0. The summed E-state index contributed by atoms with van der Waals surface area (Å²) in [6, 6.07) is 13.0. The molecule has 2 nitrogen and oxygen atoms in total. The smallest absolute Gasteiger partial charge is 0.289 e. The minimum absolute atomic E-state index is 0.396. The monoisotopic (exact) mass is 621 g/mol. The van der Waals surface area contributed by atoms with E-state index in [9.17, 15) is 52.7 Å². The predicted octanol–water partition coefficient (Wildman–Crippen LogP) is 9.41. The third kappa shape index (κ3) is 4.42. The van der Waals surface area contributed by atoms with Gasteiger partial charge in [0, 0.05) is 17.5 Å². The summed E-state index contributed by atoms with van der Waals surface area (Å²) >= 11 is 0. The van der Waals surface area contributed by atoms with Gasteiger partial charge in [-0.3, -0.25) is 8.49 Å². The molecule has 1 heterocycles. The van der Waals surface area contributed by atoms with Crippen LogP contribution in [0, 0.1) is 0 Å². The minimum atomic E-state index is -6.37. The quantitative estimate of drug-likeness (QED) is 0.263. The molecule has 1 fully saturated rings. The number of benzene rings is 3. The molecule has 1 aliphatic heterocycles. The van der Waals surface area contributed by atoms with Crippen LogP contribution in [0.15, 0.2) is 91.0 Å². The number of hydrogen-bond acceptors (Lipinski definition) is 2. The first-order chi connectivity index (χ1) is 18.8. The fourth-order valence-electron chi connectivity index (χ4n) is 5.19. The van der Waals surface area contributed by atoms with Crippen LogP contribution in [0.25, 0.3) is 0 Å². The lowest BCUT2D eigenvalue weighted by Gasteiger charge is -2.72. The molecule has 0 saturated carbocycles. The maximum atomic E-state index is 14.8. The van der Waals surface area contributed by atoms with Gasteiger partial charge in [0.2, 0.25) is 0 Å². The van der Waals surface area contributed by atoms with E-state index in [2.05, 4.69) is 0 Å². The summed E-state index contributed by atoms with van der Waals surface area (Å²) in [5, 5.41) is -3.07. The van der Waals surface area contributed by atoms with Gasteiger partial charge in [-0.15, -0.1) is 0 Å². The van der Waals surface area contributed by atoms with Gasteiger partial charge in [0.05, 0.1) is 5.25 Å². The van der Waals surface area contributed by atoms with Crippen molar-refractivity contribution in [1.82, 2.24) is 0 Å². The molecule has 1 unspecified atom stereocenters. The number of hydrogen-bond donors (Lipinski definition) is 0. The van der Waals surface area contributed by atoms with Crippen LogP contribution in [-0.4, -0.2) is 36.5 Å². The third-order valence-electron chi connectivity index (χ3n) is 6.73. The molecule has 0 radical (unpaired) electrons. The van der Waals surface area contributed by atoms with Gasteiger partial charge < -0.3 is 0 Å². The van der Waals surface area contributed by atoms with E-state index in [1.54, 1.807) is 0 Å². The number of nitrogens with zero attached hydrogens (tertiary/aromatic N) is 1. The summed E-state index contributed by atoms with van der Waals surface area (Å²) in [6.07, 6.45) is -24.8. The highest BCUT2D eigenvalue weighted by Crippen LogP contribution is 2.85. The Bertz CT molecular complexity index is 1260. The molecule has 0 aliphatic carbocycles. The first kappa shape index (κ1) is 30.9. The van der Waals surface area contributed by atoms with Gasteiger partial charge in [-0.25, -0.2) is 0 Å². The van der Waals surface area contributed by atoms with Crippen molar-refractivity contribution in [3.63, 3.8) is 0 Å². The molecule has 0 bridgehead atoms. The molecule has 3 aromatic rings. The van der Waals surface area contributed by atoms with Gasteiger partial charge in [-0.2, -0.15) is 52.7 Å². The van der Waals surface area contributed by atoms with Crippen LogP contribution in [0.2, 0.25) is 0 Å². The molecule has 0 N–H and O–H groups in total. The largest absolute Gasteiger partial charge is 0.432 e. The number of alkyl halides is 12. The van der Waals surface area contributed by atoms with E-state index < -0.39 is 72.7 Å². The Labute approximate surface area is 227 Å². The van der Waals surface area contributed by atoms with Crippen LogP contribution in [-0.2, 0) is 9.78 Å². The van der Waals surface area contributed by atoms with E-state index in [1.807, 2.05) is 0 Å². The highest BCUT2D eigenvalue weighted by Gasteiger charge is 2.90. The summed E-state index contributed by atoms with van der Waals surface area (Å²) in [7, 11) is -4.82. The van der Waals surface area contributed by atoms with Gasteiger partial charge in [0.1, 0.15) is 0 Å². The number of rotatable bonds is 5. The fraction of sp³-hybridized carbons (Fsp3) is 0.308. The minimum Gasteiger partial charge on any atom is -0.289 e. The van der Waals surface area contributed by atoms with Crippen molar-refractivity contribution in [1.29, 1.82) is 0 Å². The summed E-state index contributed by atoms with van der Waals surface area (Å²) in [5.74, 6) is 0. The number of para-hydroxylation sites is 1. The number of anilines is 1. The normalized spacial score (nSPS) is 23.4. The molecule has 224 valence electrons. The Morgan fingerprint density at radius 3 is 1.39 bits per heavy atom. The van der Waals surface area contributed by atoms with Crippen LogP contribution in [0.3, 0.4) is 0 Å². The fourth-order valence-corrected chi connectivity index (χ4v) is 9.30. The lowest BCUT2D eigenvalue weighted by molar-refractivity contribution is -0.365. The Morgan fingerprint density at radius 1 is 0.610 bits per heavy atom. The standard InChI is InChI=1S/C26H19F12NOS/c1-41(40-22(25(33,34)35,26(36,37)38)18-13-7-3-8-14-18)20(17-11-5-2-6-12-17)21(23(27,28)29,24(30,31)32)39(41)19-15-9-4-10-16-19/h2-16,20H,1H3/t20-/m0/s1. The summed E-state index contributed by atoms with van der Waals surface area (Å²) in [4.78, 5) is 0. The lowest BCUT2D eigenvalue weighted by Crippen LogP contribution is -2.80. The predicted molar refractivity (Wildman–Crippen MR) is 128 cm³/mol. The molecule has 0 aromatic heterocycles. The van der Waals surface area contributed by atoms with E-state index in [0.717, 1.165) is 66.7 Å². The van der Waals surface area contributed by atoms with E-state index in [0.29, 0.717) is 18.4 Å². The molecule has 0 amide bonds. The highest BCUT2D eigenvalue weighted by atomic mass is 32.3. The van der Waals surface area contributed by atoms with E-state index in [-0.39, 0.29) is 0 Å². The van der Waals surface area contributed by atoms with Crippen LogP contribution in [0.5, 0.6) is 0 Å². The molecule has 0 spiro atoms.